The van der Waals surface area contributed by atoms with Gasteiger partial charge in [-0.25, -0.2) is 9.59 Å². The first kappa shape index (κ1) is 33.9. The summed E-state index contributed by atoms with van der Waals surface area (Å²) in [7, 11) is 0. The van der Waals surface area contributed by atoms with Crippen LogP contribution in [-0.2, 0) is 31.8 Å². The maximum absolute atomic E-state index is 13.7. The Bertz CT molecular complexity index is 1150. The van der Waals surface area contributed by atoms with Gasteiger partial charge in [0, 0.05) is 13.1 Å². The number of hydrogen-bond acceptors (Lipinski definition) is 7. The lowest BCUT2D eigenvalue weighted by molar-refractivity contribution is -0.133. The molecule has 0 saturated carbocycles. The highest BCUT2D eigenvalue weighted by Crippen LogP contribution is 2.17. The lowest BCUT2D eigenvalue weighted by Gasteiger charge is -2.33. The first-order valence-electron chi connectivity index (χ1n) is 15.0. The van der Waals surface area contributed by atoms with Crippen molar-refractivity contribution in [1.29, 1.82) is 0 Å². The molecule has 4 atom stereocenters. The van der Waals surface area contributed by atoms with Crippen LogP contribution in [0, 0.1) is 5.92 Å². The van der Waals surface area contributed by atoms with Gasteiger partial charge in [0.2, 0.25) is 0 Å². The van der Waals surface area contributed by atoms with E-state index in [4.69, 9.17) is 14.2 Å². The molecule has 0 radical (unpaired) electrons. The smallest absolute Gasteiger partial charge is 0.410 e. The van der Waals surface area contributed by atoms with E-state index in [-0.39, 0.29) is 12.3 Å². The number of benzene rings is 2. The van der Waals surface area contributed by atoms with E-state index in [1.807, 2.05) is 74.5 Å². The van der Waals surface area contributed by atoms with Gasteiger partial charge in [0.25, 0.3) is 5.91 Å². The lowest BCUT2D eigenvalue weighted by Crippen LogP contribution is -2.58. The molecule has 43 heavy (non-hydrogen) atoms. The number of hydrogen-bond donors (Lipinski definition) is 3. The molecule has 3 N–H and O–H groups in total. The number of ether oxygens (including phenoxy) is 3. The summed E-state index contributed by atoms with van der Waals surface area (Å²) in [6.45, 7) is 10.8. The van der Waals surface area contributed by atoms with Gasteiger partial charge in [0.15, 0.2) is 6.10 Å². The van der Waals surface area contributed by atoms with Crippen LogP contribution in [0.3, 0.4) is 0 Å². The van der Waals surface area contributed by atoms with Crippen LogP contribution in [-0.4, -0.2) is 84.3 Å². The highest BCUT2D eigenvalue weighted by Gasteiger charge is 2.35. The molecular weight excluding hydrogens is 550 g/mol. The van der Waals surface area contributed by atoms with Gasteiger partial charge >= 0.3 is 12.2 Å². The van der Waals surface area contributed by atoms with Crippen molar-refractivity contribution >= 4 is 18.1 Å². The number of carbonyl (C=O) groups is 3. The highest BCUT2D eigenvalue weighted by atomic mass is 16.6. The Morgan fingerprint density at radius 3 is 1.88 bits per heavy atom. The molecule has 1 heterocycles. The quantitative estimate of drug-likeness (QED) is 0.336. The largest absolute Gasteiger partial charge is 0.444 e. The van der Waals surface area contributed by atoms with Crippen molar-refractivity contribution in [2.24, 2.45) is 5.92 Å². The molecule has 0 bridgehead atoms. The summed E-state index contributed by atoms with van der Waals surface area (Å²) in [5, 5.41) is 17.6. The Morgan fingerprint density at radius 2 is 1.40 bits per heavy atom. The summed E-state index contributed by atoms with van der Waals surface area (Å²) in [4.78, 5) is 41.0. The van der Waals surface area contributed by atoms with E-state index < -0.39 is 48.0 Å². The maximum Gasteiger partial charge on any atom is 0.410 e. The van der Waals surface area contributed by atoms with Crippen LogP contribution in [0.2, 0.25) is 0 Å². The SMILES string of the molecule is CC(C)CC(OC(=O)N1CCOCC1)C(=O)NC(Cc1ccccc1)C(O)C(Cc1ccccc1)NC(=O)OC(C)(C)C. The Morgan fingerprint density at radius 1 is 0.884 bits per heavy atom. The normalized spacial score (nSPS) is 16.5. The molecular formula is C33H47N3O7. The second-order valence-electron chi connectivity index (χ2n) is 12.3. The summed E-state index contributed by atoms with van der Waals surface area (Å²) < 4.78 is 16.5. The number of aliphatic hydroxyl groups excluding tert-OH is 1. The van der Waals surface area contributed by atoms with Crippen LogP contribution in [0.4, 0.5) is 9.59 Å². The fourth-order valence-electron chi connectivity index (χ4n) is 4.84. The first-order chi connectivity index (χ1) is 20.4. The monoisotopic (exact) mass is 597 g/mol. The number of nitrogens with zero attached hydrogens (tertiary/aromatic N) is 1. The zero-order chi connectivity index (χ0) is 31.4. The van der Waals surface area contributed by atoms with Crippen molar-refractivity contribution in [2.75, 3.05) is 26.3 Å². The second-order valence-corrected chi connectivity index (χ2v) is 12.3. The molecule has 236 valence electrons. The van der Waals surface area contributed by atoms with Crippen molar-refractivity contribution < 1.29 is 33.7 Å². The molecule has 10 heteroatoms. The molecule has 3 rings (SSSR count). The zero-order valence-electron chi connectivity index (χ0n) is 26.0. The number of rotatable bonds is 12. The molecule has 0 spiro atoms. The maximum atomic E-state index is 13.7. The molecule has 4 unspecified atom stereocenters. The summed E-state index contributed by atoms with van der Waals surface area (Å²) in [6, 6.07) is 17.3. The fourth-order valence-corrected chi connectivity index (χ4v) is 4.84. The minimum Gasteiger partial charge on any atom is -0.444 e. The van der Waals surface area contributed by atoms with Crippen LogP contribution in [0.25, 0.3) is 0 Å². The molecule has 1 aliphatic heterocycles. The highest BCUT2D eigenvalue weighted by molar-refractivity contribution is 5.84. The Hall–Kier alpha value is -3.63. The van der Waals surface area contributed by atoms with Gasteiger partial charge in [-0.2, -0.15) is 0 Å². The van der Waals surface area contributed by atoms with Gasteiger partial charge in [0.1, 0.15) is 5.60 Å². The molecule has 0 aliphatic carbocycles. The second kappa shape index (κ2) is 16.3. The van der Waals surface area contributed by atoms with E-state index in [1.165, 1.54) is 4.90 Å². The van der Waals surface area contributed by atoms with Crippen LogP contribution >= 0.6 is 0 Å². The molecule has 0 aromatic heterocycles. The summed E-state index contributed by atoms with van der Waals surface area (Å²) in [5.41, 5.74) is 1.04. The number of alkyl carbamates (subject to hydrolysis) is 1. The van der Waals surface area contributed by atoms with E-state index in [0.717, 1.165) is 11.1 Å². The molecule has 1 fully saturated rings. The van der Waals surface area contributed by atoms with Gasteiger partial charge in [-0.3, -0.25) is 4.79 Å². The molecule has 2 aromatic carbocycles. The number of nitrogens with one attached hydrogen (secondary N) is 2. The van der Waals surface area contributed by atoms with Crippen LogP contribution < -0.4 is 10.6 Å². The van der Waals surface area contributed by atoms with Gasteiger partial charge in [-0.1, -0.05) is 74.5 Å². The van der Waals surface area contributed by atoms with Crippen molar-refractivity contribution in [3.63, 3.8) is 0 Å². The van der Waals surface area contributed by atoms with Crippen molar-refractivity contribution in [2.45, 2.75) is 83.8 Å². The van der Waals surface area contributed by atoms with Gasteiger partial charge < -0.3 is 34.9 Å². The Labute approximate surface area is 255 Å². The minimum atomic E-state index is -1.22. The van der Waals surface area contributed by atoms with E-state index in [2.05, 4.69) is 10.6 Å². The van der Waals surface area contributed by atoms with Crippen LogP contribution in [0.15, 0.2) is 60.7 Å². The number of morpholine rings is 1. The van der Waals surface area contributed by atoms with Crippen molar-refractivity contribution in [3.05, 3.63) is 71.8 Å². The van der Waals surface area contributed by atoms with E-state index in [0.29, 0.717) is 39.1 Å². The topological polar surface area (TPSA) is 126 Å². The third-order valence-electron chi connectivity index (χ3n) is 6.94. The van der Waals surface area contributed by atoms with E-state index >= 15 is 0 Å². The van der Waals surface area contributed by atoms with Crippen molar-refractivity contribution in [1.82, 2.24) is 15.5 Å². The predicted molar refractivity (Wildman–Crippen MR) is 164 cm³/mol. The van der Waals surface area contributed by atoms with E-state index in [9.17, 15) is 19.5 Å². The first-order valence-corrected chi connectivity index (χ1v) is 15.0. The van der Waals surface area contributed by atoms with Gasteiger partial charge in [-0.15, -0.1) is 0 Å². The summed E-state index contributed by atoms with van der Waals surface area (Å²) in [5.74, 6) is -0.448. The van der Waals surface area contributed by atoms with Gasteiger partial charge in [0.05, 0.1) is 31.4 Å². The number of carbonyl (C=O) groups excluding carboxylic acids is 3. The van der Waals surface area contributed by atoms with Crippen LogP contribution in [0.5, 0.6) is 0 Å². The average molecular weight is 598 g/mol. The fraction of sp³-hybridized carbons (Fsp3) is 0.545. The minimum absolute atomic E-state index is 0.0606. The molecule has 1 aliphatic rings. The lowest BCUT2D eigenvalue weighted by atomic mass is 9.92. The van der Waals surface area contributed by atoms with Crippen LogP contribution in [0.1, 0.15) is 52.2 Å². The molecule has 3 amide bonds. The molecule has 2 aromatic rings. The average Bonchev–Trinajstić information content (AvgIpc) is 2.96. The zero-order valence-corrected chi connectivity index (χ0v) is 26.0. The standard InChI is InChI=1S/C33H47N3O7/c1-23(2)20-28(42-32(40)36-16-18-41-19-17-36)30(38)34-26(21-24-12-8-6-9-13-24)29(37)27(22-25-14-10-7-11-15-25)35-31(39)43-33(3,4)5/h6-15,23,26-29,37H,16-22H2,1-5H3,(H,34,38)(H,35,39). The Kier molecular flexibility index (Phi) is 12.8. The third-order valence-corrected chi connectivity index (χ3v) is 6.94. The number of amides is 3. The van der Waals surface area contributed by atoms with Crippen molar-refractivity contribution in [3.8, 4) is 0 Å². The third kappa shape index (κ3) is 11.9. The predicted octanol–water partition coefficient (Wildman–Crippen LogP) is 4.09. The van der Waals surface area contributed by atoms with E-state index in [1.54, 1.807) is 20.8 Å². The summed E-state index contributed by atoms with van der Waals surface area (Å²) >= 11 is 0. The number of aliphatic hydroxyl groups is 1. The molecule has 10 nitrogen and oxygen atoms in total. The molecule has 1 saturated heterocycles. The summed E-state index contributed by atoms with van der Waals surface area (Å²) in [6.07, 6.45) is -2.64. The van der Waals surface area contributed by atoms with Gasteiger partial charge in [-0.05, 0) is 57.1 Å². The Balaban J connectivity index is 1.86.